The minimum Gasteiger partial charge on any atom is -0.372 e. The summed E-state index contributed by atoms with van der Waals surface area (Å²) in [5.74, 6) is -0.876. The maximum Gasteiger partial charge on any atom is 0.228 e. The summed E-state index contributed by atoms with van der Waals surface area (Å²) in [7, 11) is 0. The van der Waals surface area contributed by atoms with E-state index in [1.165, 1.54) is 24.9 Å². The van der Waals surface area contributed by atoms with Gasteiger partial charge in [0.1, 0.15) is 0 Å². The standard InChI is InChI=1S/C23H24N4O2/c24-15-16-4-6-17(7-5-16)25-22(28)20-14-21(20)23(29)26-18-8-10-19(11-9-18)27-12-2-1-3-13-27/h4-11,20-21H,1-3,12-14H2,(H,25,28)(H,26,29). The van der Waals surface area contributed by atoms with Gasteiger partial charge >= 0.3 is 0 Å². The van der Waals surface area contributed by atoms with E-state index in [0.717, 1.165) is 18.8 Å². The van der Waals surface area contributed by atoms with Crippen LogP contribution < -0.4 is 15.5 Å². The Labute approximate surface area is 170 Å². The summed E-state index contributed by atoms with van der Waals surface area (Å²) >= 11 is 0. The molecule has 2 aliphatic rings. The highest BCUT2D eigenvalue weighted by atomic mass is 16.2. The Morgan fingerprint density at radius 2 is 1.34 bits per heavy atom. The van der Waals surface area contributed by atoms with Crippen molar-refractivity contribution >= 4 is 28.9 Å². The molecule has 1 aliphatic heterocycles. The largest absolute Gasteiger partial charge is 0.372 e. The lowest BCUT2D eigenvalue weighted by Crippen LogP contribution is -2.29. The molecule has 148 valence electrons. The van der Waals surface area contributed by atoms with Crippen molar-refractivity contribution in [1.29, 1.82) is 5.26 Å². The van der Waals surface area contributed by atoms with Crippen molar-refractivity contribution in [2.45, 2.75) is 25.7 Å². The van der Waals surface area contributed by atoms with Crippen LogP contribution in [-0.4, -0.2) is 24.9 Å². The van der Waals surface area contributed by atoms with Gasteiger partial charge in [-0.3, -0.25) is 9.59 Å². The molecule has 1 saturated carbocycles. The molecule has 2 aromatic rings. The SMILES string of the molecule is N#Cc1ccc(NC(=O)C2CC2C(=O)Nc2ccc(N3CCCCC3)cc2)cc1. The number of nitriles is 1. The quantitative estimate of drug-likeness (QED) is 0.817. The highest BCUT2D eigenvalue weighted by molar-refractivity contribution is 6.03. The Kier molecular flexibility index (Phi) is 5.48. The van der Waals surface area contributed by atoms with Gasteiger partial charge in [-0.2, -0.15) is 5.26 Å². The predicted octanol–water partition coefficient (Wildman–Crippen LogP) is 3.76. The zero-order valence-corrected chi connectivity index (χ0v) is 16.2. The number of piperidine rings is 1. The third-order valence-electron chi connectivity index (χ3n) is 5.60. The van der Waals surface area contributed by atoms with Gasteiger partial charge in [0.05, 0.1) is 23.5 Å². The average Bonchev–Trinajstić information content (AvgIpc) is 3.57. The van der Waals surface area contributed by atoms with Crippen LogP contribution in [-0.2, 0) is 9.59 Å². The van der Waals surface area contributed by atoms with E-state index < -0.39 is 0 Å². The van der Waals surface area contributed by atoms with E-state index in [1.807, 2.05) is 30.3 Å². The Morgan fingerprint density at radius 3 is 1.86 bits per heavy atom. The lowest BCUT2D eigenvalue weighted by atomic mass is 10.1. The molecular formula is C23H24N4O2. The lowest BCUT2D eigenvalue weighted by Gasteiger charge is -2.28. The molecule has 2 fully saturated rings. The predicted molar refractivity (Wildman–Crippen MR) is 113 cm³/mol. The molecule has 0 aromatic heterocycles. The Hall–Kier alpha value is -3.33. The van der Waals surface area contributed by atoms with Crippen LogP contribution in [0.15, 0.2) is 48.5 Å². The molecule has 6 nitrogen and oxygen atoms in total. The average molecular weight is 388 g/mol. The fourth-order valence-electron chi connectivity index (χ4n) is 3.78. The van der Waals surface area contributed by atoms with Gasteiger partial charge in [-0.05, 0) is 74.2 Å². The third-order valence-corrected chi connectivity index (χ3v) is 5.60. The molecule has 2 atom stereocenters. The van der Waals surface area contributed by atoms with E-state index in [9.17, 15) is 9.59 Å². The molecular weight excluding hydrogens is 364 g/mol. The Morgan fingerprint density at radius 1 is 0.828 bits per heavy atom. The molecule has 29 heavy (non-hydrogen) atoms. The van der Waals surface area contributed by atoms with Crippen molar-refractivity contribution in [3.8, 4) is 6.07 Å². The Balaban J connectivity index is 1.28. The first-order valence-electron chi connectivity index (χ1n) is 10.1. The number of carbonyl (C=O) groups is 2. The molecule has 2 aromatic carbocycles. The molecule has 6 heteroatoms. The molecule has 4 rings (SSSR count). The van der Waals surface area contributed by atoms with Gasteiger partial charge in [0.15, 0.2) is 0 Å². The number of hydrogen-bond donors (Lipinski definition) is 2. The summed E-state index contributed by atoms with van der Waals surface area (Å²) in [5.41, 5.74) is 3.12. The van der Waals surface area contributed by atoms with Crippen molar-refractivity contribution in [2.24, 2.45) is 11.8 Å². The number of carbonyl (C=O) groups excluding carboxylic acids is 2. The van der Waals surface area contributed by atoms with Gasteiger partial charge in [0, 0.05) is 30.2 Å². The Bertz CT molecular complexity index is 925. The van der Waals surface area contributed by atoms with Crippen LogP contribution in [0.25, 0.3) is 0 Å². The number of anilines is 3. The van der Waals surface area contributed by atoms with Gasteiger partial charge in [-0.1, -0.05) is 0 Å². The van der Waals surface area contributed by atoms with Crippen molar-refractivity contribution < 1.29 is 9.59 Å². The van der Waals surface area contributed by atoms with Crippen LogP contribution in [0.2, 0.25) is 0 Å². The number of nitrogens with zero attached hydrogens (tertiary/aromatic N) is 2. The molecule has 2 N–H and O–H groups in total. The maximum absolute atomic E-state index is 12.5. The van der Waals surface area contributed by atoms with Gasteiger partial charge in [-0.15, -0.1) is 0 Å². The molecule has 0 spiro atoms. The molecule has 2 amide bonds. The smallest absolute Gasteiger partial charge is 0.228 e. The van der Waals surface area contributed by atoms with Gasteiger partial charge in [0.2, 0.25) is 11.8 Å². The third kappa shape index (κ3) is 4.57. The second-order valence-corrected chi connectivity index (χ2v) is 7.71. The van der Waals surface area contributed by atoms with Crippen molar-refractivity contribution in [1.82, 2.24) is 0 Å². The molecule has 0 radical (unpaired) electrons. The molecule has 2 unspecified atom stereocenters. The van der Waals surface area contributed by atoms with Crippen LogP contribution >= 0.6 is 0 Å². The van der Waals surface area contributed by atoms with Crippen molar-refractivity contribution in [3.05, 3.63) is 54.1 Å². The summed E-state index contributed by atoms with van der Waals surface area (Å²) in [5, 5.41) is 14.6. The topological polar surface area (TPSA) is 85.2 Å². The van der Waals surface area contributed by atoms with Gasteiger partial charge < -0.3 is 15.5 Å². The number of nitrogens with one attached hydrogen (secondary N) is 2. The first-order chi connectivity index (χ1) is 14.1. The fraction of sp³-hybridized carbons (Fsp3) is 0.348. The van der Waals surface area contributed by atoms with Crippen molar-refractivity contribution in [2.75, 3.05) is 28.6 Å². The van der Waals surface area contributed by atoms with Crippen LogP contribution in [0, 0.1) is 23.2 Å². The first kappa shape index (κ1) is 19.0. The van der Waals surface area contributed by atoms with E-state index in [1.54, 1.807) is 24.3 Å². The van der Waals surface area contributed by atoms with Crippen LogP contribution in [0.5, 0.6) is 0 Å². The molecule has 1 saturated heterocycles. The number of benzene rings is 2. The van der Waals surface area contributed by atoms with Crippen LogP contribution in [0.4, 0.5) is 17.1 Å². The summed E-state index contributed by atoms with van der Waals surface area (Å²) in [6.07, 6.45) is 4.31. The maximum atomic E-state index is 12.5. The highest BCUT2D eigenvalue weighted by Gasteiger charge is 2.48. The van der Waals surface area contributed by atoms with Gasteiger partial charge in [-0.25, -0.2) is 0 Å². The van der Waals surface area contributed by atoms with Gasteiger partial charge in [0.25, 0.3) is 0 Å². The summed E-state index contributed by atoms with van der Waals surface area (Å²) < 4.78 is 0. The number of rotatable bonds is 5. The minimum absolute atomic E-state index is 0.115. The summed E-state index contributed by atoms with van der Waals surface area (Å²) in [6, 6.07) is 16.7. The monoisotopic (exact) mass is 388 g/mol. The summed E-state index contributed by atoms with van der Waals surface area (Å²) in [6.45, 7) is 2.17. The van der Waals surface area contributed by atoms with E-state index in [0.29, 0.717) is 17.7 Å². The van der Waals surface area contributed by atoms with Crippen LogP contribution in [0.3, 0.4) is 0 Å². The van der Waals surface area contributed by atoms with E-state index >= 15 is 0 Å². The number of amides is 2. The first-order valence-corrected chi connectivity index (χ1v) is 10.1. The van der Waals surface area contributed by atoms with E-state index in [4.69, 9.17) is 5.26 Å². The summed E-state index contributed by atoms with van der Waals surface area (Å²) in [4.78, 5) is 27.2. The molecule has 1 aliphatic carbocycles. The van der Waals surface area contributed by atoms with E-state index in [2.05, 4.69) is 15.5 Å². The fourth-order valence-corrected chi connectivity index (χ4v) is 3.78. The second-order valence-electron chi connectivity index (χ2n) is 7.71. The van der Waals surface area contributed by atoms with E-state index in [-0.39, 0.29) is 23.7 Å². The highest BCUT2D eigenvalue weighted by Crippen LogP contribution is 2.40. The zero-order chi connectivity index (χ0) is 20.2. The minimum atomic E-state index is -0.307. The van der Waals surface area contributed by atoms with Crippen LogP contribution in [0.1, 0.15) is 31.2 Å². The second kappa shape index (κ2) is 8.36. The van der Waals surface area contributed by atoms with Crippen molar-refractivity contribution in [3.63, 3.8) is 0 Å². The number of hydrogen-bond acceptors (Lipinski definition) is 4. The molecule has 1 heterocycles. The zero-order valence-electron chi connectivity index (χ0n) is 16.2. The lowest BCUT2D eigenvalue weighted by molar-refractivity contribution is -0.122. The molecule has 0 bridgehead atoms. The normalized spacial score (nSPS) is 20.4.